The minimum absolute atomic E-state index is 0.147. The van der Waals surface area contributed by atoms with E-state index in [1.165, 1.54) is 0 Å². The zero-order chi connectivity index (χ0) is 10.1. The van der Waals surface area contributed by atoms with Gasteiger partial charge >= 0.3 is 0 Å². The van der Waals surface area contributed by atoms with Gasteiger partial charge in [0.25, 0.3) is 0 Å². The van der Waals surface area contributed by atoms with Crippen LogP contribution in [0.5, 0.6) is 5.88 Å². The molecule has 1 aromatic rings. The molecule has 0 saturated carbocycles. The second-order valence-electron chi connectivity index (χ2n) is 3.59. The smallest absolute Gasteiger partial charge is 0.213 e. The van der Waals surface area contributed by atoms with Gasteiger partial charge in [0, 0.05) is 12.5 Å². The summed E-state index contributed by atoms with van der Waals surface area (Å²) in [4.78, 5) is 15.8. The van der Waals surface area contributed by atoms with E-state index in [9.17, 15) is 4.79 Å². The molecule has 0 N–H and O–H groups in total. The van der Waals surface area contributed by atoms with Crippen LogP contribution in [-0.2, 0) is 6.42 Å². The Morgan fingerprint density at radius 1 is 1.43 bits per heavy atom. The molecule has 0 spiro atoms. The summed E-state index contributed by atoms with van der Waals surface area (Å²) in [6, 6.07) is 1.89. The van der Waals surface area contributed by atoms with E-state index in [0.717, 1.165) is 24.0 Å². The van der Waals surface area contributed by atoms with Crippen LogP contribution in [0.4, 0.5) is 0 Å². The number of pyridine rings is 1. The van der Waals surface area contributed by atoms with Gasteiger partial charge in [0.15, 0.2) is 5.78 Å². The van der Waals surface area contributed by atoms with Gasteiger partial charge in [0.2, 0.25) is 5.88 Å². The molecule has 1 aromatic heterocycles. The number of hydrogen-bond acceptors (Lipinski definition) is 3. The molecule has 1 heterocycles. The Bertz CT molecular complexity index is 385. The average molecular weight is 191 g/mol. The number of Topliss-reactive ketones (excluding diaryl/α,β-unsaturated/α-hetero) is 1. The van der Waals surface area contributed by atoms with E-state index in [0.29, 0.717) is 18.0 Å². The lowest BCUT2D eigenvalue weighted by Gasteiger charge is -2.16. The third kappa shape index (κ3) is 1.39. The zero-order valence-electron chi connectivity index (χ0n) is 8.46. The quantitative estimate of drug-likeness (QED) is 0.680. The monoisotopic (exact) mass is 191 g/mol. The predicted octanol–water partition coefficient (Wildman–Crippen LogP) is 1.92. The Labute approximate surface area is 83.1 Å². The van der Waals surface area contributed by atoms with E-state index in [-0.39, 0.29) is 5.78 Å². The lowest BCUT2D eigenvalue weighted by Crippen LogP contribution is -2.15. The van der Waals surface area contributed by atoms with Crippen LogP contribution in [0.1, 0.15) is 34.5 Å². The molecule has 0 saturated heterocycles. The summed E-state index contributed by atoms with van der Waals surface area (Å²) in [5.74, 6) is 0.685. The highest BCUT2D eigenvalue weighted by molar-refractivity contribution is 5.97. The number of ketones is 1. The molecule has 0 radical (unpaired) electrons. The molecule has 0 bridgehead atoms. The Morgan fingerprint density at radius 2 is 2.21 bits per heavy atom. The topological polar surface area (TPSA) is 39.2 Å². The summed E-state index contributed by atoms with van der Waals surface area (Å²) in [5.41, 5.74) is 2.83. The minimum Gasteiger partial charge on any atom is -0.481 e. The van der Waals surface area contributed by atoms with Crippen molar-refractivity contribution in [2.45, 2.75) is 26.2 Å². The average Bonchev–Trinajstić information content (AvgIpc) is 2.19. The maximum atomic E-state index is 11.6. The normalized spacial score (nSPS) is 15.1. The molecule has 3 heteroatoms. The third-order valence-electron chi connectivity index (χ3n) is 2.63. The van der Waals surface area contributed by atoms with Crippen molar-refractivity contribution in [2.24, 2.45) is 0 Å². The predicted molar refractivity (Wildman–Crippen MR) is 52.8 cm³/mol. The molecule has 0 aromatic carbocycles. The van der Waals surface area contributed by atoms with Crippen LogP contribution in [0.2, 0.25) is 0 Å². The van der Waals surface area contributed by atoms with Crippen molar-refractivity contribution in [1.82, 2.24) is 4.98 Å². The molecular formula is C11H13NO2. The van der Waals surface area contributed by atoms with Gasteiger partial charge in [-0.05, 0) is 30.9 Å². The molecule has 2 rings (SSSR count). The van der Waals surface area contributed by atoms with Crippen LogP contribution in [0, 0.1) is 6.92 Å². The van der Waals surface area contributed by atoms with Gasteiger partial charge in [-0.25, -0.2) is 4.98 Å². The largest absolute Gasteiger partial charge is 0.481 e. The summed E-state index contributed by atoms with van der Waals surface area (Å²) in [6.45, 7) is 2.00. The van der Waals surface area contributed by atoms with E-state index in [1.807, 2.05) is 13.0 Å². The standard InChI is InChI=1S/C11H13NO2/c1-7-6-10(14-2)12-11-8(7)4-3-5-9(11)13/h6H,3-5H2,1-2H3. The van der Waals surface area contributed by atoms with Gasteiger partial charge in [-0.1, -0.05) is 0 Å². The molecule has 0 aliphatic heterocycles. The van der Waals surface area contributed by atoms with Crippen molar-refractivity contribution < 1.29 is 9.53 Å². The maximum Gasteiger partial charge on any atom is 0.213 e. The van der Waals surface area contributed by atoms with E-state index in [4.69, 9.17) is 4.74 Å². The fourth-order valence-corrected chi connectivity index (χ4v) is 1.86. The summed E-state index contributed by atoms with van der Waals surface area (Å²) in [5, 5.41) is 0. The Kier molecular flexibility index (Phi) is 2.23. The molecular weight excluding hydrogens is 178 g/mol. The number of ether oxygens (including phenoxy) is 1. The minimum atomic E-state index is 0.147. The fraction of sp³-hybridized carbons (Fsp3) is 0.455. The number of carbonyl (C=O) groups excluding carboxylic acids is 1. The van der Waals surface area contributed by atoms with Crippen molar-refractivity contribution in [2.75, 3.05) is 7.11 Å². The summed E-state index contributed by atoms with van der Waals surface area (Å²) in [7, 11) is 1.57. The highest BCUT2D eigenvalue weighted by atomic mass is 16.5. The van der Waals surface area contributed by atoms with Crippen LogP contribution in [0.15, 0.2) is 6.07 Å². The molecule has 0 atom stereocenters. The van der Waals surface area contributed by atoms with Gasteiger partial charge in [-0.15, -0.1) is 0 Å². The van der Waals surface area contributed by atoms with E-state index >= 15 is 0 Å². The van der Waals surface area contributed by atoms with E-state index in [1.54, 1.807) is 7.11 Å². The van der Waals surface area contributed by atoms with Crippen LogP contribution >= 0.6 is 0 Å². The number of nitrogens with zero attached hydrogens (tertiary/aromatic N) is 1. The van der Waals surface area contributed by atoms with E-state index in [2.05, 4.69) is 4.98 Å². The maximum absolute atomic E-state index is 11.6. The number of methoxy groups -OCH3 is 1. The van der Waals surface area contributed by atoms with Gasteiger partial charge in [0.1, 0.15) is 5.69 Å². The van der Waals surface area contributed by atoms with Gasteiger partial charge < -0.3 is 4.74 Å². The molecule has 74 valence electrons. The molecule has 0 amide bonds. The first kappa shape index (κ1) is 9.19. The highest BCUT2D eigenvalue weighted by Crippen LogP contribution is 2.25. The lowest BCUT2D eigenvalue weighted by atomic mass is 9.92. The Balaban J connectivity index is 2.57. The van der Waals surface area contributed by atoms with E-state index < -0.39 is 0 Å². The van der Waals surface area contributed by atoms with Gasteiger partial charge in [-0.3, -0.25) is 4.79 Å². The molecule has 1 aliphatic carbocycles. The first-order valence-corrected chi connectivity index (χ1v) is 4.80. The summed E-state index contributed by atoms with van der Waals surface area (Å²) in [6.07, 6.45) is 2.52. The first-order chi connectivity index (χ1) is 6.72. The van der Waals surface area contributed by atoms with Crippen molar-refractivity contribution in [1.29, 1.82) is 0 Å². The second kappa shape index (κ2) is 3.40. The Hall–Kier alpha value is -1.38. The van der Waals surface area contributed by atoms with Crippen molar-refractivity contribution in [3.8, 4) is 5.88 Å². The van der Waals surface area contributed by atoms with Crippen molar-refractivity contribution >= 4 is 5.78 Å². The number of rotatable bonds is 1. The Morgan fingerprint density at radius 3 is 2.93 bits per heavy atom. The molecule has 0 unspecified atom stereocenters. The first-order valence-electron chi connectivity index (χ1n) is 4.80. The van der Waals surface area contributed by atoms with Crippen molar-refractivity contribution in [3.05, 3.63) is 22.9 Å². The lowest BCUT2D eigenvalue weighted by molar-refractivity contribution is 0.0966. The summed E-state index contributed by atoms with van der Waals surface area (Å²) >= 11 is 0. The fourth-order valence-electron chi connectivity index (χ4n) is 1.86. The SMILES string of the molecule is COc1cc(C)c2c(n1)C(=O)CCC2. The van der Waals surface area contributed by atoms with Gasteiger partial charge in [-0.2, -0.15) is 0 Å². The van der Waals surface area contributed by atoms with Crippen LogP contribution < -0.4 is 4.74 Å². The third-order valence-corrected chi connectivity index (χ3v) is 2.63. The highest BCUT2D eigenvalue weighted by Gasteiger charge is 2.21. The molecule has 1 aliphatic rings. The molecule has 0 fully saturated rings. The number of hydrogen-bond donors (Lipinski definition) is 0. The summed E-state index contributed by atoms with van der Waals surface area (Å²) < 4.78 is 5.05. The number of fused-ring (bicyclic) bond motifs is 1. The number of carbonyl (C=O) groups is 1. The van der Waals surface area contributed by atoms with Gasteiger partial charge in [0.05, 0.1) is 7.11 Å². The second-order valence-corrected chi connectivity index (χ2v) is 3.59. The van der Waals surface area contributed by atoms with Crippen LogP contribution in [0.25, 0.3) is 0 Å². The van der Waals surface area contributed by atoms with Crippen molar-refractivity contribution in [3.63, 3.8) is 0 Å². The van der Waals surface area contributed by atoms with Crippen LogP contribution in [-0.4, -0.2) is 17.9 Å². The molecule has 3 nitrogen and oxygen atoms in total. The number of aromatic nitrogens is 1. The van der Waals surface area contributed by atoms with Crippen LogP contribution in [0.3, 0.4) is 0 Å². The zero-order valence-corrected chi connectivity index (χ0v) is 8.46. The molecule has 14 heavy (non-hydrogen) atoms. The number of aryl methyl sites for hydroxylation is 1.